The SMILES string of the molecule is C=C(NCCF)c1ccc2nn(CC(CCC)CCCC(=O)c3nc4ccccc4n3C)cc2c1O. The molecule has 4 rings (SSSR count). The summed E-state index contributed by atoms with van der Waals surface area (Å²) in [4.78, 5) is 17.4. The molecule has 0 radical (unpaired) electrons. The molecule has 2 N–H and O–H groups in total. The van der Waals surface area contributed by atoms with Crippen molar-refractivity contribution in [3.63, 3.8) is 0 Å². The highest BCUT2D eigenvalue weighted by molar-refractivity contribution is 5.96. The molecule has 0 fully saturated rings. The Labute approximate surface area is 210 Å². The Kier molecular flexibility index (Phi) is 8.03. The van der Waals surface area contributed by atoms with Crippen LogP contribution in [0, 0.1) is 5.92 Å². The van der Waals surface area contributed by atoms with Crippen molar-refractivity contribution in [1.82, 2.24) is 24.6 Å². The predicted molar refractivity (Wildman–Crippen MR) is 142 cm³/mol. The minimum Gasteiger partial charge on any atom is -0.506 e. The first-order chi connectivity index (χ1) is 17.4. The second-order valence-electron chi connectivity index (χ2n) is 9.29. The highest BCUT2D eigenvalue weighted by Gasteiger charge is 2.18. The third-order valence-corrected chi connectivity index (χ3v) is 6.66. The number of ketones is 1. The fraction of sp³-hybridized carbons (Fsp3) is 0.393. The van der Waals surface area contributed by atoms with Gasteiger partial charge >= 0.3 is 0 Å². The van der Waals surface area contributed by atoms with Crippen molar-refractivity contribution in [2.75, 3.05) is 13.2 Å². The van der Waals surface area contributed by atoms with Crippen LogP contribution in [-0.2, 0) is 13.6 Å². The molecule has 1 unspecified atom stereocenters. The normalized spacial score (nSPS) is 12.3. The molecule has 2 aromatic carbocycles. The van der Waals surface area contributed by atoms with Crippen molar-refractivity contribution in [3.05, 3.63) is 60.6 Å². The average molecular weight is 492 g/mol. The van der Waals surface area contributed by atoms with E-state index in [1.807, 2.05) is 52.8 Å². The largest absolute Gasteiger partial charge is 0.506 e. The van der Waals surface area contributed by atoms with Crippen LogP contribution in [0.5, 0.6) is 5.75 Å². The van der Waals surface area contributed by atoms with Gasteiger partial charge in [0.2, 0.25) is 0 Å². The van der Waals surface area contributed by atoms with Gasteiger partial charge in [0.15, 0.2) is 11.6 Å². The zero-order valence-electron chi connectivity index (χ0n) is 21.0. The fourth-order valence-corrected chi connectivity index (χ4v) is 4.82. The van der Waals surface area contributed by atoms with Crippen molar-refractivity contribution >= 4 is 33.4 Å². The Bertz CT molecular complexity index is 1370. The van der Waals surface area contributed by atoms with Crippen LogP contribution in [0.15, 0.2) is 49.2 Å². The van der Waals surface area contributed by atoms with Crippen molar-refractivity contribution in [2.45, 2.75) is 45.6 Å². The number of rotatable bonds is 13. The Hall–Kier alpha value is -3.68. The summed E-state index contributed by atoms with van der Waals surface area (Å²) < 4.78 is 16.2. The number of carbonyl (C=O) groups is 1. The molecule has 4 aromatic rings. The molecule has 36 heavy (non-hydrogen) atoms. The lowest BCUT2D eigenvalue weighted by Gasteiger charge is -2.16. The highest BCUT2D eigenvalue weighted by atomic mass is 19.1. The number of para-hydroxylation sites is 2. The Balaban J connectivity index is 1.40. The summed E-state index contributed by atoms with van der Waals surface area (Å²) in [6.07, 6.45) is 6.06. The number of carbonyl (C=O) groups excluding carboxylic acids is 1. The molecule has 190 valence electrons. The van der Waals surface area contributed by atoms with Gasteiger partial charge in [0.25, 0.3) is 0 Å². The highest BCUT2D eigenvalue weighted by Crippen LogP contribution is 2.32. The maximum absolute atomic E-state index is 12.9. The van der Waals surface area contributed by atoms with E-state index in [1.54, 1.807) is 6.07 Å². The van der Waals surface area contributed by atoms with Crippen molar-refractivity contribution in [1.29, 1.82) is 0 Å². The van der Waals surface area contributed by atoms with Gasteiger partial charge in [-0.15, -0.1) is 0 Å². The molecule has 1 atom stereocenters. The number of phenols is 1. The number of hydrogen-bond acceptors (Lipinski definition) is 5. The maximum atomic E-state index is 12.9. The Morgan fingerprint density at radius 1 is 1.19 bits per heavy atom. The molecule has 0 aliphatic rings. The third-order valence-electron chi connectivity index (χ3n) is 6.66. The van der Waals surface area contributed by atoms with Gasteiger partial charge in [-0.1, -0.05) is 32.1 Å². The molecule has 0 bridgehead atoms. The zero-order chi connectivity index (χ0) is 25.7. The number of Topliss-reactive ketones (excluding diaryl/α,β-unsaturated/α-hetero) is 1. The van der Waals surface area contributed by atoms with Crippen LogP contribution < -0.4 is 5.32 Å². The van der Waals surface area contributed by atoms with Crippen LogP contribution >= 0.6 is 0 Å². The molecular weight excluding hydrogens is 457 g/mol. The lowest BCUT2D eigenvalue weighted by atomic mass is 9.96. The number of benzene rings is 2. The summed E-state index contributed by atoms with van der Waals surface area (Å²) in [6.45, 7) is 6.40. The number of fused-ring (bicyclic) bond motifs is 2. The second kappa shape index (κ2) is 11.4. The molecule has 0 saturated carbocycles. The van der Waals surface area contributed by atoms with Crippen LogP contribution in [-0.4, -0.2) is 43.4 Å². The number of halogens is 1. The fourth-order valence-electron chi connectivity index (χ4n) is 4.82. The third kappa shape index (κ3) is 5.42. The van der Waals surface area contributed by atoms with Gasteiger partial charge < -0.3 is 15.0 Å². The van der Waals surface area contributed by atoms with Gasteiger partial charge in [-0.2, -0.15) is 5.10 Å². The van der Waals surface area contributed by atoms with Crippen molar-refractivity contribution in [2.24, 2.45) is 13.0 Å². The number of nitrogens with zero attached hydrogens (tertiary/aromatic N) is 4. The smallest absolute Gasteiger partial charge is 0.198 e. The molecule has 0 spiro atoms. The standard InChI is InChI=1S/C28H34FN5O2/c1-4-8-20(9-7-12-26(35)28-31-24-10-5-6-11-25(24)33(28)3)17-34-18-22-23(32-34)14-13-21(27(22)36)19(2)30-16-15-29/h5-6,10-11,13-14,18,20,30,36H,2,4,7-9,12,15-17H2,1,3H3. The van der Waals surface area contributed by atoms with Gasteiger partial charge in [-0.3, -0.25) is 9.48 Å². The summed E-state index contributed by atoms with van der Waals surface area (Å²) >= 11 is 0. The van der Waals surface area contributed by atoms with E-state index < -0.39 is 6.67 Å². The van der Waals surface area contributed by atoms with E-state index in [1.165, 1.54) is 0 Å². The molecule has 8 heteroatoms. The lowest BCUT2D eigenvalue weighted by molar-refractivity contribution is 0.0964. The number of imidazole rings is 1. The van der Waals surface area contributed by atoms with Gasteiger partial charge in [0.05, 0.1) is 21.9 Å². The van der Waals surface area contributed by atoms with Crippen LogP contribution in [0.4, 0.5) is 4.39 Å². The van der Waals surface area contributed by atoms with E-state index in [-0.39, 0.29) is 18.1 Å². The number of aromatic nitrogens is 4. The first-order valence-corrected chi connectivity index (χ1v) is 12.6. The molecule has 7 nitrogen and oxygen atoms in total. The maximum Gasteiger partial charge on any atom is 0.198 e. The molecular formula is C28H34FN5O2. The summed E-state index contributed by atoms with van der Waals surface area (Å²) in [6, 6.07) is 11.4. The van der Waals surface area contributed by atoms with E-state index in [0.717, 1.165) is 36.7 Å². The lowest BCUT2D eigenvalue weighted by Crippen LogP contribution is -2.14. The molecule has 0 aliphatic heterocycles. The van der Waals surface area contributed by atoms with Crippen LogP contribution in [0.3, 0.4) is 0 Å². The summed E-state index contributed by atoms with van der Waals surface area (Å²) in [5, 5.41) is 18.9. The monoisotopic (exact) mass is 491 g/mol. The van der Waals surface area contributed by atoms with Crippen LogP contribution in [0.25, 0.3) is 27.6 Å². The Morgan fingerprint density at radius 2 is 2.00 bits per heavy atom. The van der Waals surface area contributed by atoms with E-state index in [0.29, 0.717) is 46.9 Å². The number of nitrogens with one attached hydrogen (secondary N) is 1. The van der Waals surface area contributed by atoms with Gasteiger partial charge in [-0.25, -0.2) is 9.37 Å². The van der Waals surface area contributed by atoms with E-state index in [4.69, 9.17) is 0 Å². The van der Waals surface area contributed by atoms with E-state index in [2.05, 4.69) is 28.9 Å². The molecule has 0 aliphatic carbocycles. The number of hydrogen-bond donors (Lipinski definition) is 2. The minimum atomic E-state index is -0.511. The molecule has 0 amide bonds. The van der Waals surface area contributed by atoms with E-state index in [9.17, 15) is 14.3 Å². The van der Waals surface area contributed by atoms with Crippen molar-refractivity contribution < 1.29 is 14.3 Å². The van der Waals surface area contributed by atoms with Gasteiger partial charge in [-0.05, 0) is 49.4 Å². The first kappa shape index (κ1) is 25.4. The van der Waals surface area contributed by atoms with Crippen molar-refractivity contribution in [3.8, 4) is 5.75 Å². The Morgan fingerprint density at radius 3 is 2.75 bits per heavy atom. The summed E-state index contributed by atoms with van der Waals surface area (Å²) in [7, 11) is 1.89. The quantitative estimate of drug-likeness (QED) is 0.237. The summed E-state index contributed by atoms with van der Waals surface area (Å²) in [5.41, 5.74) is 3.52. The number of alkyl halides is 1. The predicted octanol–water partition coefficient (Wildman–Crippen LogP) is 5.63. The molecule has 0 saturated heterocycles. The average Bonchev–Trinajstić information content (AvgIpc) is 3.44. The second-order valence-corrected chi connectivity index (χ2v) is 9.29. The van der Waals surface area contributed by atoms with E-state index >= 15 is 0 Å². The number of aromatic hydroxyl groups is 1. The summed E-state index contributed by atoms with van der Waals surface area (Å²) in [5.74, 6) is 1.03. The number of aryl methyl sites for hydroxylation is 1. The zero-order valence-corrected chi connectivity index (χ0v) is 21.0. The van der Waals surface area contributed by atoms with Crippen LogP contribution in [0.2, 0.25) is 0 Å². The minimum absolute atomic E-state index is 0.0628. The number of phenolic OH excluding ortho intramolecular Hbond substituents is 1. The molecule has 2 aromatic heterocycles. The van der Waals surface area contributed by atoms with Gasteiger partial charge in [0, 0.05) is 44.0 Å². The van der Waals surface area contributed by atoms with Crippen LogP contribution in [0.1, 0.15) is 55.2 Å². The first-order valence-electron chi connectivity index (χ1n) is 12.6. The topological polar surface area (TPSA) is 85.0 Å². The molecule has 2 heterocycles. The van der Waals surface area contributed by atoms with Gasteiger partial charge in [0.1, 0.15) is 12.4 Å².